The molecule has 24 heavy (non-hydrogen) atoms. The summed E-state index contributed by atoms with van der Waals surface area (Å²) in [6.45, 7) is 6.83. The first-order chi connectivity index (χ1) is 11.2. The molecule has 0 aromatic carbocycles. The van der Waals surface area contributed by atoms with Gasteiger partial charge >= 0.3 is 0 Å². The van der Waals surface area contributed by atoms with E-state index < -0.39 is 9.84 Å². The number of aromatic nitrogens is 1. The van der Waals surface area contributed by atoms with Gasteiger partial charge < -0.3 is 5.32 Å². The monoisotopic (exact) mass is 353 g/mol. The molecule has 0 bridgehead atoms. The molecule has 2 atom stereocenters. The maximum Gasteiger partial charge on any atom is 0.221 e. The van der Waals surface area contributed by atoms with Crippen LogP contribution in [0.2, 0.25) is 0 Å². The Morgan fingerprint density at radius 2 is 2.17 bits per heavy atom. The Hall–Kier alpha value is -1.47. The van der Waals surface area contributed by atoms with Gasteiger partial charge in [-0.1, -0.05) is 19.9 Å². The maximum atomic E-state index is 12.1. The molecule has 1 saturated heterocycles. The molecule has 1 amide bonds. The van der Waals surface area contributed by atoms with Gasteiger partial charge in [0.2, 0.25) is 5.91 Å². The van der Waals surface area contributed by atoms with Crippen molar-refractivity contribution in [2.24, 2.45) is 11.8 Å². The standard InChI is InChI=1S/C17H27N3O3S/c1-13(2)15-11-20(10-14-5-4-7-18-9-14)12-16(15)19-17(21)6-8-24(3,22)23/h4-5,7,9,13,15-16H,6,8,10-12H2,1-3H3,(H,19,21)/t15-,16+/m1/s1. The average molecular weight is 353 g/mol. The Morgan fingerprint density at radius 1 is 1.42 bits per heavy atom. The molecule has 0 aliphatic carbocycles. The molecule has 0 radical (unpaired) electrons. The van der Waals surface area contributed by atoms with Gasteiger partial charge in [-0.25, -0.2) is 8.42 Å². The van der Waals surface area contributed by atoms with Crippen molar-refractivity contribution >= 4 is 15.7 Å². The summed E-state index contributed by atoms with van der Waals surface area (Å²) >= 11 is 0. The number of hydrogen-bond acceptors (Lipinski definition) is 5. The molecule has 0 unspecified atom stereocenters. The summed E-state index contributed by atoms with van der Waals surface area (Å²) in [5.41, 5.74) is 1.16. The van der Waals surface area contributed by atoms with E-state index in [9.17, 15) is 13.2 Å². The van der Waals surface area contributed by atoms with Crippen LogP contribution in [0.25, 0.3) is 0 Å². The molecule has 2 rings (SSSR count). The number of rotatable bonds is 7. The molecule has 1 aliphatic heterocycles. The number of nitrogens with one attached hydrogen (secondary N) is 1. The van der Waals surface area contributed by atoms with E-state index in [0.717, 1.165) is 31.5 Å². The first-order valence-corrected chi connectivity index (χ1v) is 10.4. The van der Waals surface area contributed by atoms with Crippen LogP contribution >= 0.6 is 0 Å². The summed E-state index contributed by atoms with van der Waals surface area (Å²) in [6, 6.07) is 4.04. The fourth-order valence-electron chi connectivity index (χ4n) is 3.18. The van der Waals surface area contributed by atoms with Crippen LogP contribution in [0, 0.1) is 11.8 Å². The average Bonchev–Trinajstić information content (AvgIpc) is 2.88. The molecule has 2 heterocycles. The molecule has 1 aromatic heterocycles. The number of hydrogen-bond donors (Lipinski definition) is 1. The Kier molecular flexibility index (Phi) is 6.34. The van der Waals surface area contributed by atoms with Crippen molar-refractivity contribution in [1.82, 2.24) is 15.2 Å². The molecule has 1 fully saturated rings. The molecular formula is C17H27N3O3S. The number of amides is 1. The van der Waals surface area contributed by atoms with Crippen molar-refractivity contribution in [3.05, 3.63) is 30.1 Å². The van der Waals surface area contributed by atoms with E-state index in [1.807, 2.05) is 12.3 Å². The van der Waals surface area contributed by atoms with Crippen LogP contribution in [0.15, 0.2) is 24.5 Å². The summed E-state index contributed by atoms with van der Waals surface area (Å²) in [5, 5.41) is 3.04. The van der Waals surface area contributed by atoms with E-state index in [4.69, 9.17) is 0 Å². The van der Waals surface area contributed by atoms with Crippen molar-refractivity contribution in [2.75, 3.05) is 25.1 Å². The van der Waals surface area contributed by atoms with Gasteiger partial charge in [0.1, 0.15) is 9.84 Å². The minimum atomic E-state index is -3.11. The Bertz CT molecular complexity index is 646. The minimum absolute atomic E-state index is 0.0305. The predicted octanol–water partition coefficient (Wildman–Crippen LogP) is 1.09. The van der Waals surface area contributed by atoms with E-state index >= 15 is 0 Å². The van der Waals surface area contributed by atoms with Gasteiger partial charge in [0.05, 0.1) is 5.75 Å². The quantitative estimate of drug-likeness (QED) is 0.794. The van der Waals surface area contributed by atoms with Crippen LogP contribution in [-0.2, 0) is 21.2 Å². The molecule has 7 heteroatoms. The molecule has 1 aliphatic rings. The molecule has 1 aromatic rings. The third-order valence-electron chi connectivity index (χ3n) is 4.47. The maximum absolute atomic E-state index is 12.1. The molecule has 6 nitrogen and oxygen atoms in total. The van der Waals surface area contributed by atoms with E-state index in [0.29, 0.717) is 11.8 Å². The third-order valence-corrected chi connectivity index (χ3v) is 5.42. The molecule has 0 saturated carbocycles. The Labute approximate surface area is 144 Å². The van der Waals surface area contributed by atoms with Crippen molar-refractivity contribution < 1.29 is 13.2 Å². The SMILES string of the molecule is CC(C)[C@H]1CN(Cc2cccnc2)C[C@@H]1NC(=O)CCS(C)(=O)=O. The second-order valence-electron chi connectivity index (χ2n) is 7.02. The molecule has 134 valence electrons. The highest BCUT2D eigenvalue weighted by atomic mass is 32.2. The fourth-order valence-corrected chi connectivity index (χ4v) is 3.73. The highest BCUT2D eigenvalue weighted by Crippen LogP contribution is 2.25. The molecule has 1 N–H and O–H groups in total. The smallest absolute Gasteiger partial charge is 0.221 e. The van der Waals surface area contributed by atoms with Crippen molar-refractivity contribution in [3.63, 3.8) is 0 Å². The zero-order valence-electron chi connectivity index (χ0n) is 14.6. The zero-order valence-corrected chi connectivity index (χ0v) is 15.4. The molecule has 0 spiro atoms. The van der Waals surface area contributed by atoms with Gasteiger partial charge in [0.25, 0.3) is 0 Å². The van der Waals surface area contributed by atoms with Crippen molar-refractivity contribution in [3.8, 4) is 0 Å². The summed E-state index contributed by atoms with van der Waals surface area (Å²) < 4.78 is 22.4. The zero-order chi connectivity index (χ0) is 17.7. The van der Waals surface area contributed by atoms with Crippen LogP contribution in [0.5, 0.6) is 0 Å². The predicted molar refractivity (Wildman–Crippen MR) is 94.1 cm³/mol. The lowest BCUT2D eigenvalue weighted by Crippen LogP contribution is -2.42. The number of likely N-dealkylation sites (tertiary alicyclic amines) is 1. The Balaban J connectivity index is 1.93. The van der Waals surface area contributed by atoms with Crippen molar-refractivity contribution in [2.45, 2.75) is 32.9 Å². The summed E-state index contributed by atoms with van der Waals surface area (Å²) in [5.74, 6) is 0.532. The lowest BCUT2D eigenvalue weighted by molar-refractivity contribution is -0.121. The minimum Gasteiger partial charge on any atom is -0.352 e. The van der Waals surface area contributed by atoms with Gasteiger partial charge in [0, 0.05) is 50.7 Å². The van der Waals surface area contributed by atoms with Gasteiger partial charge in [-0.05, 0) is 23.5 Å². The van der Waals surface area contributed by atoms with Gasteiger partial charge in [-0.2, -0.15) is 0 Å². The number of pyridine rings is 1. The Morgan fingerprint density at radius 3 is 2.75 bits per heavy atom. The van der Waals surface area contributed by atoms with E-state index in [-0.39, 0.29) is 24.1 Å². The van der Waals surface area contributed by atoms with Gasteiger partial charge in [-0.15, -0.1) is 0 Å². The van der Waals surface area contributed by atoms with E-state index in [1.54, 1.807) is 6.20 Å². The number of carbonyl (C=O) groups excluding carboxylic acids is 1. The van der Waals surface area contributed by atoms with E-state index in [1.165, 1.54) is 0 Å². The normalized spacial score (nSPS) is 22.0. The lowest BCUT2D eigenvalue weighted by Gasteiger charge is -2.22. The van der Waals surface area contributed by atoms with Crippen LogP contribution < -0.4 is 5.32 Å². The highest BCUT2D eigenvalue weighted by Gasteiger charge is 2.35. The van der Waals surface area contributed by atoms with Crippen LogP contribution in [0.4, 0.5) is 0 Å². The lowest BCUT2D eigenvalue weighted by atomic mass is 9.91. The number of carbonyl (C=O) groups is 1. The first-order valence-electron chi connectivity index (χ1n) is 8.33. The number of nitrogens with zero attached hydrogens (tertiary/aromatic N) is 2. The second kappa shape index (κ2) is 8.07. The largest absolute Gasteiger partial charge is 0.352 e. The molecular weight excluding hydrogens is 326 g/mol. The highest BCUT2D eigenvalue weighted by molar-refractivity contribution is 7.90. The van der Waals surface area contributed by atoms with Crippen LogP contribution in [0.3, 0.4) is 0 Å². The third kappa shape index (κ3) is 5.87. The summed E-state index contributed by atoms with van der Waals surface area (Å²) in [4.78, 5) is 18.5. The van der Waals surface area contributed by atoms with Crippen molar-refractivity contribution in [1.29, 1.82) is 0 Å². The van der Waals surface area contributed by atoms with Crippen LogP contribution in [0.1, 0.15) is 25.8 Å². The van der Waals surface area contributed by atoms with Crippen LogP contribution in [-0.4, -0.2) is 55.3 Å². The summed E-state index contributed by atoms with van der Waals surface area (Å²) in [7, 11) is -3.11. The fraction of sp³-hybridized carbons (Fsp3) is 0.647. The van der Waals surface area contributed by atoms with Gasteiger partial charge in [-0.3, -0.25) is 14.7 Å². The topological polar surface area (TPSA) is 79.4 Å². The number of sulfone groups is 1. The second-order valence-corrected chi connectivity index (χ2v) is 9.28. The first kappa shape index (κ1) is 18.9. The van der Waals surface area contributed by atoms with Gasteiger partial charge in [0.15, 0.2) is 0 Å². The summed E-state index contributed by atoms with van der Waals surface area (Å²) in [6.07, 6.45) is 4.81. The van der Waals surface area contributed by atoms with E-state index in [2.05, 4.69) is 35.1 Å².